The van der Waals surface area contributed by atoms with E-state index in [-0.39, 0.29) is 0 Å². The van der Waals surface area contributed by atoms with Gasteiger partial charge in [0.25, 0.3) is 0 Å². The third-order valence-electron chi connectivity index (χ3n) is 4.61. The summed E-state index contributed by atoms with van der Waals surface area (Å²) in [4.78, 5) is 4.54. The molecule has 2 rings (SSSR count). The zero-order valence-corrected chi connectivity index (χ0v) is 13.3. The average molecular weight is 298 g/mol. The molecule has 1 aliphatic carbocycles. The van der Waals surface area contributed by atoms with Gasteiger partial charge in [-0.25, -0.2) is 4.98 Å². The topological polar surface area (TPSA) is 54.4 Å². The smallest absolute Gasteiger partial charge is 0.119 e. The van der Waals surface area contributed by atoms with Gasteiger partial charge in [-0.15, -0.1) is 11.3 Å². The van der Waals surface area contributed by atoms with Gasteiger partial charge in [0.05, 0.1) is 12.3 Å². The Balaban J connectivity index is 1.78. The van der Waals surface area contributed by atoms with Crippen LogP contribution < -0.4 is 5.32 Å². The molecular formula is C15H26N2O2S. The van der Waals surface area contributed by atoms with E-state index in [4.69, 9.17) is 9.84 Å². The number of aromatic nitrogens is 1. The Morgan fingerprint density at radius 2 is 2.35 bits per heavy atom. The van der Waals surface area contributed by atoms with Crippen molar-refractivity contribution >= 4 is 11.3 Å². The second-order valence-electron chi connectivity index (χ2n) is 5.90. The zero-order valence-electron chi connectivity index (χ0n) is 12.5. The zero-order chi connectivity index (χ0) is 14.4. The fourth-order valence-corrected chi connectivity index (χ4v) is 3.80. The lowest BCUT2D eigenvalue weighted by Gasteiger charge is -2.47. The molecule has 0 aliphatic heterocycles. The van der Waals surface area contributed by atoms with E-state index >= 15 is 0 Å². The molecule has 0 aromatic carbocycles. The molecule has 1 aliphatic rings. The molecule has 20 heavy (non-hydrogen) atoms. The number of nitrogens with one attached hydrogen (secondary N) is 1. The molecule has 0 radical (unpaired) electrons. The minimum Gasteiger partial charge on any atom is -0.396 e. The van der Waals surface area contributed by atoms with Crippen LogP contribution in [0, 0.1) is 11.3 Å². The van der Waals surface area contributed by atoms with Crippen LogP contribution in [0.4, 0.5) is 0 Å². The summed E-state index contributed by atoms with van der Waals surface area (Å²) in [6.07, 6.45) is 4.81. The number of ether oxygens (including phenoxy) is 1. The lowest BCUT2D eigenvalue weighted by Crippen LogP contribution is -2.44. The van der Waals surface area contributed by atoms with Crippen molar-refractivity contribution in [1.29, 1.82) is 0 Å². The summed E-state index contributed by atoms with van der Waals surface area (Å²) >= 11 is 1.66. The van der Waals surface area contributed by atoms with Crippen LogP contribution >= 0.6 is 11.3 Å². The van der Waals surface area contributed by atoms with Gasteiger partial charge in [0.2, 0.25) is 0 Å². The van der Waals surface area contributed by atoms with E-state index in [9.17, 15) is 0 Å². The lowest BCUT2D eigenvalue weighted by molar-refractivity contribution is 0.0426. The number of nitrogens with zero attached hydrogens (tertiary/aromatic N) is 1. The summed E-state index contributed by atoms with van der Waals surface area (Å²) in [6, 6.07) is 0. The van der Waals surface area contributed by atoms with Gasteiger partial charge in [0.15, 0.2) is 0 Å². The van der Waals surface area contributed by atoms with Gasteiger partial charge in [-0.2, -0.15) is 0 Å². The van der Waals surface area contributed by atoms with Crippen molar-refractivity contribution in [2.24, 2.45) is 11.3 Å². The van der Waals surface area contributed by atoms with E-state index in [1.54, 1.807) is 18.4 Å². The average Bonchev–Trinajstić information content (AvgIpc) is 2.81. The first kappa shape index (κ1) is 15.9. The molecule has 1 saturated carbocycles. The number of rotatable bonds is 9. The molecule has 114 valence electrons. The molecule has 2 N–H and O–H groups in total. The predicted molar refractivity (Wildman–Crippen MR) is 81.7 cm³/mol. The number of hydrogen-bond donors (Lipinski definition) is 2. The lowest BCUT2D eigenvalue weighted by atomic mass is 9.60. The van der Waals surface area contributed by atoms with Gasteiger partial charge in [-0.05, 0) is 30.6 Å². The first-order valence-corrected chi connectivity index (χ1v) is 8.32. The first-order valence-electron chi connectivity index (χ1n) is 7.44. The van der Waals surface area contributed by atoms with Crippen molar-refractivity contribution in [3.63, 3.8) is 0 Å². The summed E-state index contributed by atoms with van der Waals surface area (Å²) in [6.45, 7) is 5.03. The molecule has 1 unspecified atom stereocenters. The van der Waals surface area contributed by atoms with Gasteiger partial charge in [0, 0.05) is 32.2 Å². The largest absolute Gasteiger partial charge is 0.396 e. The minimum absolute atomic E-state index is 0.301. The van der Waals surface area contributed by atoms with E-state index in [2.05, 4.69) is 22.6 Å². The highest BCUT2D eigenvalue weighted by molar-refractivity contribution is 7.09. The van der Waals surface area contributed by atoms with Crippen molar-refractivity contribution in [1.82, 2.24) is 10.3 Å². The second-order valence-corrected chi connectivity index (χ2v) is 6.84. The Labute approximate surface area is 125 Å². The summed E-state index contributed by atoms with van der Waals surface area (Å²) in [5.41, 5.74) is 1.50. The van der Waals surface area contributed by atoms with Crippen LogP contribution in [-0.2, 0) is 17.9 Å². The van der Waals surface area contributed by atoms with Crippen LogP contribution in [0.25, 0.3) is 0 Å². The molecule has 4 nitrogen and oxygen atoms in total. The molecule has 5 heteroatoms. The van der Waals surface area contributed by atoms with Crippen molar-refractivity contribution in [2.75, 3.05) is 20.3 Å². The molecule has 1 aromatic rings. The van der Waals surface area contributed by atoms with Gasteiger partial charge < -0.3 is 15.2 Å². The van der Waals surface area contributed by atoms with E-state index < -0.39 is 0 Å². The summed E-state index contributed by atoms with van der Waals surface area (Å²) in [5, 5.41) is 15.8. The molecule has 1 heterocycles. The Bertz CT molecular complexity index is 404. The molecule has 0 saturated heterocycles. The molecule has 0 spiro atoms. The normalized spacial score (nSPS) is 18.8. The minimum atomic E-state index is 0.301. The molecule has 1 aromatic heterocycles. The standard InChI is InChI=1S/C15H26N2O2S/c1-12(4-7-18)15(5-3-6-15)11-16-8-13-10-20-14(17-13)9-19-2/h10,12,16,18H,3-9,11H2,1-2H3. The van der Waals surface area contributed by atoms with Crippen LogP contribution in [0.3, 0.4) is 0 Å². The molecule has 0 amide bonds. The van der Waals surface area contributed by atoms with Crippen molar-refractivity contribution in [3.8, 4) is 0 Å². The maximum Gasteiger partial charge on any atom is 0.119 e. The highest BCUT2D eigenvalue weighted by Crippen LogP contribution is 2.47. The number of methoxy groups -OCH3 is 1. The van der Waals surface area contributed by atoms with Crippen LogP contribution in [0.15, 0.2) is 5.38 Å². The predicted octanol–water partition coefficient (Wildman–Crippen LogP) is 2.57. The van der Waals surface area contributed by atoms with Crippen molar-refractivity contribution in [2.45, 2.75) is 45.8 Å². The van der Waals surface area contributed by atoms with Gasteiger partial charge in [-0.3, -0.25) is 0 Å². The van der Waals surface area contributed by atoms with Crippen LogP contribution in [0.2, 0.25) is 0 Å². The Hall–Kier alpha value is -0.490. The van der Waals surface area contributed by atoms with E-state index in [0.29, 0.717) is 24.5 Å². The quantitative estimate of drug-likeness (QED) is 0.736. The molecule has 1 atom stereocenters. The second kappa shape index (κ2) is 7.50. The van der Waals surface area contributed by atoms with Gasteiger partial charge in [0.1, 0.15) is 5.01 Å². The van der Waals surface area contributed by atoms with Crippen LogP contribution in [0.1, 0.15) is 43.3 Å². The summed E-state index contributed by atoms with van der Waals surface area (Å²) < 4.78 is 5.09. The number of thiazole rings is 1. The van der Waals surface area contributed by atoms with Crippen molar-refractivity contribution in [3.05, 3.63) is 16.1 Å². The number of aliphatic hydroxyl groups is 1. The van der Waals surface area contributed by atoms with E-state index in [1.165, 1.54) is 19.3 Å². The molecular weight excluding hydrogens is 272 g/mol. The monoisotopic (exact) mass is 298 g/mol. The Kier molecular flexibility index (Phi) is 5.96. The highest BCUT2D eigenvalue weighted by atomic mass is 32.1. The fraction of sp³-hybridized carbons (Fsp3) is 0.800. The maximum absolute atomic E-state index is 9.14. The number of aliphatic hydroxyl groups excluding tert-OH is 1. The number of hydrogen-bond acceptors (Lipinski definition) is 5. The van der Waals surface area contributed by atoms with Gasteiger partial charge >= 0.3 is 0 Å². The molecule has 1 fully saturated rings. The highest BCUT2D eigenvalue weighted by Gasteiger charge is 2.40. The SMILES string of the molecule is COCc1nc(CNCC2(C(C)CCO)CCC2)cs1. The van der Waals surface area contributed by atoms with E-state index in [0.717, 1.165) is 30.2 Å². The fourth-order valence-electron chi connectivity index (χ4n) is 3.03. The van der Waals surface area contributed by atoms with Crippen LogP contribution in [-0.4, -0.2) is 30.4 Å². The maximum atomic E-state index is 9.14. The third kappa shape index (κ3) is 3.79. The third-order valence-corrected chi connectivity index (χ3v) is 5.48. The van der Waals surface area contributed by atoms with E-state index in [1.807, 2.05) is 0 Å². The Morgan fingerprint density at radius 3 is 2.95 bits per heavy atom. The first-order chi connectivity index (χ1) is 9.70. The Morgan fingerprint density at radius 1 is 1.55 bits per heavy atom. The summed E-state index contributed by atoms with van der Waals surface area (Å²) in [5.74, 6) is 0.591. The molecule has 0 bridgehead atoms. The van der Waals surface area contributed by atoms with Gasteiger partial charge in [-0.1, -0.05) is 13.3 Å². The summed E-state index contributed by atoms with van der Waals surface area (Å²) in [7, 11) is 1.70. The van der Waals surface area contributed by atoms with Crippen molar-refractivity contribution < 1.29 is 9.84 Å². The van der Waals surface area contributed by atoms with Crippen LogP contribution in [0.5, 0.6) is 0 Å².